The van der Waals surface area contributed by atoms with Crippen LogP contribution in [-0.4, -0.2) is 60.5 Å². The van der Waals surface area contributed by atoms with Gasteiger partial charge < -0.3 is 15.5 Å². The van der Waals surface area contributed by atoms with Crippen molar-refractivity contribution in [1.82, 2.24) is 5.32 Å². The van der Waals surface area contributed by atoms with Gasteiger partial charge in [-0.25, -0.2) is 12.8 Å². The van der Waals surface area contributed by atoms with Crippen molar-refractivity contribution in [3.8, 4) is 0 Å². The molecule has 0 saturated heterocycles. The molecule has 3 N–H and O–H groups in total. The van der Waals surface area contributed by atoms with E-state index in [0.29, 0.717) is 74.5 Å². The number of fused-ring (bicyclic) bond motifs is 7. The minimum absolute atomic E-state index is 0.0346. The summed E-state index contributed by atoms with van der Waals surface area (Å²) in [7, 11) is -3.07. The molecule has 7 aliphatic rings. The molecule has 0 aliphatic heterocycles. The quantitative estimate of drug-likeness (QED) is 0.202. The van der Waals surface area contributed by atoms with Crippen molar-refractivity contribution in [2.24, 2.45) is 56.7 Å². The van der Waals surface area contributed by atoms with Gasteiger partial charge in [0.05, 0.1) is 16.3 Å². The second kappa shape index (κ2) is 13.5. The molecule has 7 rings (SSSR count). The molecule has 54 heavy (non-hydrogen) atoms. The molecular weight excluding hydrogens is 698 g/mol. The number of carboxylic acids is 1. The van der Waals surface area contributed by atoms with Gasteiger partial charge >= 0.3 is 5.97 Å². The third-order valence-corrected chi connectivity index (χ3v) is 20.5. The summed E-state index contributed by atoms with van der Waals surface area (Å²) in [6.07, 6.45) is 20.8. The summed E-state index contributed by atoms with van der Waals surface area (Å²) in [5.41, 5.74) is 2.54. The number of nitrogens with one attached hydrogen (secondary N) is 1. The topological polar surface area (TPSA) is 104 Å². The van der Waals surface area contributed by atoms with E-state index in [1.54, 1.807) is 0 Å². The van der Waals surface area contributed by atoms with Crippen LogP contribution in [-0.2, 0) is 14.6 Å². The molecule has 0 aromatic carbocycles. The van der Waals surface area contributed by atoms with Gasteiger partial charge in [-0.05, 0) is 185 Å². The fraction of sp³-hybridized carbons (Fsp3) is 0.848. The van der Waals surface area contributed by atoms with Gasteiger partial charge in [0.1, 0.15) is 16.5 Å². The first kappa shape index (κ1) is 40.7. The van der Waals surface area contributed by atoms with Gasteiger partial charge in [-0.1, -0.05) is 58.9 Å². The predicted octanol–water partition coefficient (Wildman–Crippen LogP) is 9.78. The second-order valence-corrected chi connectivity index (χ2v) is 23.8. The molecule has 1 unspecified atom stereocenters. The third kappa shape index (κ3) is 6.09. The summed E-state index contributed by atoms with van der Waals surface area (Å²) < 4.78 is 38.4. The van der Waals surface area contributed by atoms with E-state index in [9.17, 15) is 27.8 Å². The fourth-order valence-corrected chi connectivity index (χ4v) is 16.6. The lowest BCUT2D eigenvalue weighted by Crippen LogP contribution is -2.68. The Morgan fingerprint density at radius 1 is 0.889 bits per heavy atom. The van der Waals surface area contributed by atoms with E-state index < -0.39 is 33.5 Å². The zero-order valence-electron chi connectivity index (χ0n) is 34.7. The number of rotatable bonds is 9. The van der Waals surface area contributed by atoms with E-state index in [1.165, 1.54) is 61.5 Å². The van der Waals surface area contributed by atoms with Crippen molar-refractivity contribution in [1.29, 1.82) is 0 Å². The van der Waals surface area contributed by atoms with E-state index >= 15 is 0 Å². The molecule has 304 valence electrons. The van der Waals surface area contributed by atoms with Crippen molar-refractivity contribution in [2.45, 2.75) is 167 Å². The Bertz CT molecular complexity index is 1690. The molecular formula is C46H72FNO5S. The maximum absolute atomic E-state index is 14.0. The minimum atomic E-state index is -3.07. The van der Waals surface area contributed by atoms with Gasteiger partial charge in [-0.15, -0.1) is 0 Å². The highest BCUT2D eigenvalue weighted by atomic mass is 32.2. The average molecular weight is 770 g/mol. The molecule has 0 spiro atoms. The number of carboxylic acid groups (broad SMARTS) is 1. The smallest absolute Gasteiger partial charge is 0.312 e. The van der Waals surface area contributed by atoms with Crippen LogP contribution in [0.2, 0.25) is 0 Å². The summed E-state index contributed by atoms with van der Waals surface area (Å²) in [4.78, 5) is 12.0. The van der Waals surface area contributed by atoms with E-state index in [1.807, 2.05) is 0 Å². The first-order chi connectivity index (χ1) is 25.1. The highest BCUT2D eigenvalue weighted by Crippen LogP contribution is 2.76. The number of aliphatic hydroxyl groups is 1. The largest absolute Gasteiger partial charge is 0.481 e. The van der Waals surface area contributed by atoms with Gasteiger partial charge in [0.15, 0.2) is 0 Å². The van der Waals surface area contributed by atoms with Crippen LogP contribution >= 0.6 is 0 Å². The molecule has 8 heteroatoms. The number of alkyl halides is 1. The minimum Gasteiger partial charge on any atom is -0.481 e. The van der Waals surface area contributed by atoms with Crippen LogP contribution in [0.15, 0.2) is 35.5 Å². The number of allylic oxidation sites excluding steroid dienone is 5. The second-order valence-electron chi connectivity index (χ2n) is 21.5. The fourth-order valence-electron chi connectivity index (χ4n) is 15.5. The number of hydrogen-bond donors (Lipinski definition) is 3. The Morgan fingerprint density at radius 2 is 1.59 bits per heavy atom. The molecule has 0 heterocycles. The van der Waals surface area contributed by atoms with Crippen LogP contribution in [0.5, 0.6) is 0 Å². The van der Waals surface area contributed by atoms with Crippen molar-refractivity contribution in [3.63, 3.8) is 0 Å². The van der Waals surface area contributed by atoms with Crippen LogP contribution in [0, 0.1) is 56.7 Å². The first-order valence-electron chi connectivity index (χ1n) is 21.6. The summed E-state index contributed by atoms with van der Waals surface area (Å²) >= 11 is 0. The molecule has 0 aromatic heterocycles. The van der Waals surface area contributed by atoms with Crippen LogP contribution in [0.3, 0.4) is 0 Å². The first-order valence-corrected chi connectivity index (χ1v) is 23.6. The number of carbonyl (C=O) groups is 1. The molecule has 0 bridgehead atoms. The zero-order valence-corrected chi connectivity index (χ0v) is 35.5. The summed E-state index contributed by atoms with van der Waals surface area (Å²) in [6, 6.07) is 0. The Morgan fingerprint density at radius 3 is 2.19 bits per heavy atom. The molecule has 6 nitrogen and oxygen atoms in total. The van der Waals surface area contributed by atoms with Gasteiger partial charge in [0, 0.05) is 11.8 Å². The summed E-state index contributed by atoms with van der Waals surface area (Å²) in [5, 5.41) is 25.2. The Kier molecular flexibility index (Phi) is 10.2. The van der Waals surface area contributed by atoms with Gasteiger partial charge in [-0.2, -0.15) is 0 Å². The van der Waals surface area contributed by atoms with Crippen LogP contribution < -0.4 is 5.32 Å². The van der Waals surface area contributed by atoms with Gasteiger partial charge in [-0.3, -0.25) is 4.79 Å². The normalized spacial score (nSPS) is 47.3. The summed E-state index contributed by atoms with van der Waals surface area (Å²) in [5.74, 6) is 1.79. The molecule has 10 atom stereocenters. The number of hydrogen-bond acceptors (Lipinski definition) is 5. The van der Waals surface area contributed by atoms with Crippen molar-refractivity contribution in [3.05, 3.63) is 35.5 Å². The SMILES string of the molecule is C=C(C)C1CC[C@]2(NCC[C@]3(O)CC[C@@H](S(C)(=O)=O)CC3)CC[C@]3(C)[C@H](CC[C@@H]4[C@@]5(C)CC=C(C6=CC[C@@](CF)(C(=O)O)CC6)C(C)(C)[C@@H]5CC[C@]43C)[C@@H]12. The maximum atomic E-state index is 14.0. The molecule has 5 saturated carbocycles. The highest BCUT2D eigenvalue weighted by molar-refractivity contribution is 7.91. The van der Waals surface area contributed by atoms with Gasteiger partial charge in [0.2, 0.25) is 0 Å². The molecule has 7 aliphatic carbocycles. The van der Waals surface area contributed by atoms with Crippen molar-refractivity contribution >= 4 is 15.8 Å². The number of halogens is 1. The summed E-state index contributed by atoms with van der Waals surface area (Å²) in [6.45, 7) is 19.7. The van der Waals surface area contributed by atoms with Crippen LogP contribution in [0.4, 0.5) is 4.39 Å². The van der Waals surface area contributed by atoms with Crippen LogP contribution in [0.25, 0.3) is 0 Å². The molecule has 0 amide bonds. The van der Waals surface area contributed by atoms with Crippen LogP contribution in [0.1, 0.15) is 151 Å². The standard InChI is InChI=1S/C46H72FNO5S/c1-30(2)33-15-24-46(48-28-27-45(51)22-13-32(14-23-45)54(8,52)53)26-25-42(6)35(38(33)46)9-10-37-41(5)18-16-34(40(3,4)36(41)17-19-43(37,42)7)31-11-20-44(29-47,21-12-31)39(49)50/h11,16,32-33,35-38,48,51H,1,9-10,12-15,17-29H2,2-8H3,(H,49,50)/t32-,33?,35-,36+,37-,38-,41+,42-,43-,44-,45+,46+/m1/s1. The lowest BCUT2D eigenvalue weighted by atomic mass is 9.33. The lowest BCUT2D eigenvalue weighted by molar-refractivity contribution is -0.221. The zero-order chi connectivity index (χ0) is 39.3. The third-order valence-electron chi connectivity index (χ3n) is 18.8. The van der Waals surface area contributed by atoms with Gasteiger partial charge in [0.25, 0.3) is 0 Å². The maximum Gasteiger partial charge on any atom is 0.312 e. The lowest BCUT2D eigenvalue weighted by Gasteiger charge is -2.72. The molecule has 5 fully saturated rings. The highest BCUT2D eigenvalue weighted by Gasteiger charge is 2.70. The Labute approximate surface area is 326 Å². The predicted molar refractivity (Wildman–Crippen MR) is 215 cm³/mol. The molecule has 0 aromatic rings. The van der Waals surface area contributed by atoms with Crippen molar-refractivity contribution < 1.29 is 27.8 Å². The van der Waals surface area contributed by atoms with E-state index in [4.69, 9.17) is 0 Å². The Hall–Kier alpha value is -1.51. The Balaban J connectivity index is 1.12. The van der Waals surface area contributed by atoms with E-state index in [-0.39, 0.29) is 38.9 Å². The number of aliphatic carboxylic acids is 1. The molecule has 0 radical (unpaired) electrons. The number of sulfone groups is 1. The monoisotopic (exact) mass is 770 g/mol. The average Bonchev–Trinajstić information content (AvgIpc) is 3.48. The van der Waals surface area contributed by atoms with E-state index in [2.05, 4.69) is 65.6 Å². The van der Waals surface area contributed by atoms with Crippen molar-refractivity contribution in [2.75, 3.05) is 19.5 Å². The van der Waals surface area contributed by atoms with E-state index in [0.717, 1.165) is 25.8 Å².